The molecule has 1 amide bonds. The number of thioether (sulfide) groups is 1. The summed E-state index contributed by atoms with van der Waals surface area (Å²) in [6.45, 7) is 0. The lowest BCUT2D eigenvalue weighted by atomic mass is 9.90. The zero-order valence-corrected chi connectivity index (χ0v) is 19.1. The first kappa shape index (κ1) is 21.3. The van der Waals surface area contributed by atoms with E-state index in [4.69, 9.17) is 11.6 Å². The second kappa shape index (κ2) is 9.89. The van der Waals surface area contributed by atoms with Crippen LogP contribution >= 0.6 is 34.7 Å². The first-order valence-electron chi connectivity index (χ1n) is 9.97. The Balaban J connectivity index is 1.29. The van der Waals surface area contributed by atoms with E-state index in [2.05, 4.69) is 25.7 Å². The van der Waals surface area contributed by atoms with Gasteiger partial charge < -0.3 is 4.57 Å². The minimum absolute atomic E-state index is 0.117. The van der Waals surface area contributed by atoms with E-state index in [9.17, 15) is 4.79 Å². The van der Waals surface area contributed by atoms with Gasteiger partial charge in [0.2, 0.25) is 11.0 Å². The fraction of sp³-hybridized carbons (Fsp3) is 0.450. The van der Waals surface area contributed by atoms with Gasteiger partial charge in [0.1, 0.15) is 10.8 Å². The van der Waals surface area contributed by atoms with Gasteiger partial charge in [-0.15, -0.1) is 20.4 Å². The highest BCUT2D eigenvalue weighted by molar-refractivity contribution is 7.99. The second-order valence-electron chi connectivity index (χ2n) is 7.38. The Hall–Kier alpha value is -1.97. The molecule has 0 bridgehead atoms. The van der Waals surface area contributed by atoms with Crippen LogP contribution in [0.4, 0.5) is 5.13 Å². The van der Waals surface area contributed by atoms with Crippen molar-refractivity contribution in [2.45, 2.75) is 49.6 Å². The van der Waals surface area contributed by atoms with Gasteiger partial charge in [0, 0.05) is 24.4 Å². The zero-order valence-electron chi connectivity index (χ0n) is 16.7. The summed E-state index contributed by atoms with van der Waals surface area (Å²) in [5.74, 6) is 1.45. The summed E-state index contributed by atoms with van der Waals surface area (Å²) in [5.41, 5.74) is 1.11. The Morgan fingerprint density at radius 1 is 1.17 bits per heavy atom. The van der Waals surface area contributed by atoms with Crippen LogP contribution < -0.4 is 5.32 Å². The zero-order chi connectivity index (χ0) is 20.9. The van der Waals surface area contributed by atoms with Gasteiger partial charge in [0.25, 0.3) is 0 Å². The van der Waals surface area contributed by atoms with Crippen molar-refractivity contribution in [2.24, 2.45) is 7.05 Å². The molecule has 2 aromatic heterocycles. The van der Waals surface area contributed by atoms with E-state index in [1.807, 2.05) is 35.9 Å². The van der Waals surface area contributed by atoms with Crippen molar-refractivity contribution < 1.29 is 4.79 Å². The summed E-state index contributed by atoms with van der Waals surface area (Å²) in [6.07, 6.45) is 6.80. The number of rotatable bonds is 7. The first-order chi connectivity index (χ1) is 14.6. The summed E-state index contributed by atoms with van der Waals surface area (Å²) in [7, 11) is 1.91. The quantitative estimate of drug-likeness (QED) is 0.512. The molecule has 1 N–H and O–H groups in total. The number of aromatic nitrogens is 5. The lowest BCUT2D eigenvalue weighted by Crippen LogP contribution is -2.14. The SMILES string of the molecule is Cn1c(Cc2ccc(Cl)cc2)nnc1SCC(=O)Nc1nnc(C2CCCCC2)s1. The van der Waals surface area contributed by atoms with Crippen LogP contribution in [-0.2, 0) is 18.3 Å². The van der Waals surface area contributed by atoms with Crippen molar-refractivity contribution in [3.63, 3.8) is 0 Å². The Morgan fingerprint density at radius 2 is 1.93 bits per heavy atom. The third kappa shape index (κ3) is 5.39. The van der Waals surface area contributed by atoms with Crippen molar-refractivity contribution in [3.8, 4) is 0 Å². The molecule has 10 heteroatoms. The molecule has 7 nitrogen and oxygen atoms in total. The predicted molar refractivity (Wildman–Crippen MR) is 120 cm³/mol. The van der Waals surface area contributed by atoms with E-state index in [1.165, 1.54) is 55.2 Å². The maximum atomic E-state index is 12.3. The molecule has 1 aromatic carbocycles. The van der Waals surface area contributed by atoms with Crippen molar-refractivity contribution in [1.82, 2.24) is 25.0 Å². The molecule has 1 aliphatic carbocycles. The van der Waals surface area contributed by atoms with E-state index in [0.29, 0.717) is 27.6 Å². The standard InChI is InChI=1S/C20H23ClN6OS2/c1-27-16(11-13-7-9-15(21)10-8-13)23-26-20(27)29-12-17(28)22-19-25-24-18(30-19)14-5-3-2-4-6-14/h7-10,14H,2-6,11-12H2,1H3,(H,22,25,28). The molecule has 0 atom stereocenters. The maximum absolute atomic E-state index is 12.3. The molecule has 0 spiro atoms. The number of nitrogens with zero attached hydrogens (tertiary/aromatic N) is 5. The third-order valence-electron chi connectivity index (χ3n) is 5.17. The van der Waals surface area contributed by atoms with Gasteiger partial charge in [-0.05, 0) is 30.5 Å². The molecule has 1 fully saturated rings. The summed E-state index contributed by atoms with van der Waals surface area (Å²) >= 11 is 8.79. The normalized spacial score (nSPS) is 14.7. The Bertz CT molecular complexity index is 997. The molecule has 4 rings (SSSR count). The minimum atomic E-state index is -0.117. The van der Waals surface area contributed by atoms with Crippen molar-refractivity contribution in [1.29, 1.82) is 0 Å². The number of benzene rings is 1. The van der Waals surface area contributed by atoms with Crippen LogP contribution in [0, 0.1) is 0 Å². The van der Waals surface area contributed by atoms with Crippen LogP contribution in [0.1, 0.15) is 54.4 Å². The predicted octanol–water partition coefficient (Wildman–Crippen LogP) is 4.69. The molecule has 0 radical (unpaired) electrons. The van der Waals surface area contributed by atoms with Gasteiger partial charge in [-0.3, -0.25) is 10.1 Å². The van der Waals surface area contributed by atoms with E-state index in [0.717, 1.165) is 16.4 Å². The number of halogens is 1. The van der Waals surface area contributed by atoms with Crippen molar-refractivity contribution in [3.05, 3.63) is 45.7 Å². The summed E-state index contributed by atoms with van der Waals surface area (Å²) in [5, 5.41) is 22.8. The second-order valence-corrected chi connectivity index (χ2v) is 9.77. The lowest BCUT2D eigenvalue weighted by Gasteiger charge is -2.18. The molecule has 30 heavy (non-hydrogen) atoms. The van der Waals surface area contributed by atoms with Crippen LogP contribution in [-0.4, -0.2) is 36.6 Å². The number of hydrogen-bond acceptors (Lipinski definition) is 7. The van der Waals surface area contributed by atoms with Gasteiger partial charge in [0.15, 0.2) is 5.16 Å². The molecule has 1 saturated carbocycles. The first-order valence-corrected chi connectivity index (χ1v) is 12.2. The molecule has 1 aliphatic rings. The van der Waals surface area contributed by atoms with Gasteiger partial charge in [-0.2, -0.15) is 0 Å². The topological polar surface area (TPSA) is 85.6 Å². The molecule has 0 unspecified atom stereocenters. The maximum Gasteiger partial charge on any atom is 0.236 e. The van der Waals surface area contributed by atoms with Gasteiger partial charge in [-0.1, -0.05) is 66.1 Å². The molecule has 0 saturated heterocycles. The smallest absolute Gasteiger partial charge is 0.236 e. The van der Waals surface area contributed by atoms with Crippen LogP contribution in [0.25, 0.3) is 0 Å². The van der Waals surface area contributed by atoms with E-state index in [-0.39, 0.29) is 11.7 Å². The Kier molecular flexibility index (Phi) is 7.01. The number of carbonyl (C=O) groups is 1. The Morgan fingerprint density at radius 3 is 2.70 bits per heavy atom. The molecule has 158 valence electrons. The van der Waals surface area contributed by atoms with E-state index >= 15 is 0 Å². The largest absolute Gasteiger partial charge is 0.309 e. The number of amides is 1. The molecule has 3 aromatic rings. The Labute approximate surface area is 188 Å². The highest BCUT2D eigenvalue weighted by Crippen LogP contribution is 2.35. The summed E-state index contributed by atoms with van der Waals surface area (Å²) in [4.78, 5) is 12.3. The lowest BCUT2D eigenvalue weighted by molar-refractivity contribution is -0.113. The molecule has 2 heterocycles. The molecular weight excluding hydrogens is 440 g/mol. The number of anilines is 1. The van der Waals surface area contributed by atoms with Gasteiger partial charge in [-0.25, -0.2) is 0 Å². The van der Waals surface area contributed by atoms with Crippen LogP contribution in [0.5, 0.6) is 0 Å². The fourth-order valence-electron chi connectivity index (χ4n) is 3.49. The van der Waals surface area contributed by atoms with E-state index in [1.54, 1.807) is 0 Å². The summed E-state index contributed by atoms with van der Waals surface area (Å²) < 4.78 is 1.92. The number of hydrogen-bond donors (Lipinski definition) is 1. The van der Waals surface area contributed by atoms with Crippen molar-refractivity contribution in [2.75, 3.05) is 11.1 Å². The van der Waals surface area contributed by atoms with Gasteiger partial charge >= 0.3 is 0 Å². The fourth-order valence-corrected chi connectivity index (χ4v) is 5.28. The van der Waals surface area contributed by atoms with Crippen LogP contribution in [0.15, 0.2) is 29.4 Å². The third-order valence-corrected chi connectivity index (χ3v) is 7.45. The van der Waals surface area contributed by atoms with Crippen LogP contribution in [0.3, 0.4) is 0 Å². The average molecular weight is 463 g/mol. The number of carbonyl (C=O) groups excluding carboxylic acids is 1. The van der Waals surface area contributed by atoms with Gasteiger partial charge in [0.05, 0.1) is 5.75 Å². The van der Waals surface area contributed by atoms with E-state index < -0.39 is 0 Å². The van der Waals surface area contributed by atoms with Crippen LogP contribution in [0.2, 0.25) is 5.02 Å². The number of nitrogens with one attached hydrogen (secondary N) is 1. The average Bonchev–Trinajstić information content (AvgIpc) is 3.36. The minimum Gasteiger partial charge on any atom is -0.309 e. The highest BCUT2D eigenvalue weighted by atomic mass is 35.5. The monoisotopic (exact) mass is 462 g/mol. The molecule has 0 aliphatic heterocycles. The van der Waals surface area contributed by atoms with Crippen molar-refractivity contribution >= 4 is 45.7 Å². The highest BCUT2D eigenvalue weighted by Gasteiger charge is 2.20. The molecular formula is C20H23ClN6OS2. The summed E-state index contributed by atoms with van der Waals surface area (Å²) in [6, 6.07) is 7.67.